The van der Waals surface area contributed by atoms with Crippen molar-refractivity contribution in [3.63, 3.8) is 0 Å². The van der Waals surface area contributed by atoms with E-state index in [4.69, 9.17) is 9.47 Å². The highest BCUT2D eigenvalue weighted by molar-refractivity contribution is 5.36. The number of aliphatic hydroxyl groups excluding tert-OH is 2. The van der Waals surface area contributed by atoms with E-state index in [0.717, 1.165) is 38.5 Å². The number of rotatable bonds is 14. The number of allylic oxidation sites excluding steroid dienone is 9. The van der Waals surface area contributed by atoms with Crippen molar-refractivity contribution in [3.8, 4) is 0 Å². The Hall–Kier alpha value is -1.46. The average Bonchev–Trinajstić information content (AvgIpc) is 3.73. The number of aliphatic hydroxyl groups is 2. The van der Waals surface area contributed by atoms with Crippen molar-refractivity contribution in [1.82, 2.24) is 0 Å². The van der Waals surface area contributed by atoms with Gasteiger partial charge in [0.15, 0.2) is 0 Å². The summed E-state index contributed by atoms with van der Waals surface area (Å²) in [6.45, 7) is 22.3. The maximum Gasteiger partial charge on any atom is 0.121 e. The maximum atomic E-state index is 10.3. The van der Waals surface area contributed by atoms with Crippen LogP contribution >= 0.6 is 0 Å². The Morgan fingerprint density at radius 2 is 1.41 bits per heavy atom. The zero-order valence-corrected chi connectivity index (χ0v) is 29.8. The molecule has 2 aliphatic heterocycles. The van der Waals surface area contributed by atoms with Crippen LogP contribution in [0.15, 0.2) is 59.3 Å². The van der Waals surface area contributed by atoms with Crippen LogP contribution in [0.4, 0.5) is 0 Å². The predicted octanol–water partition coefficient (Wildman–Crippen LogP) is 9.72. The van der Waals surface area contributed by atoms with Gasteiger partial charge in [-0.05, 0) is 103 Å². The first-order valence-electron chi connectivity index (χ1n) is 17.5. The van der Waals surface area contributed by atoms with Gasteiger partial charge in [-0.25, -0.2) is 0 Å². The van der Waals surface area contributed by atoms with Gasteiger partial charge >= 0.3 is 0 Å². The molecule has 0 bridgehead atoms. The number of unbranched alkanes of at least 4 members (excludes halogenated alkanes) is 1. The number of hydrogen-bond acceptors (Lipinski definition) is 4. The summed E-state index contributed by atoms with van der Waals surface area (Å²) >= 11 is 0. The molecule has 4 rings (SSSR count). The molecule has 4 nitrogen and oxygen atoms in total. The van der Waals surface area contributed by atoms with Crippen molar-refractivity contribution in [1.29, 1.82) is 0 Å². The Balaban J connectivity index is 1.13. The monoisotopic (exact) mass is 608 g/mol. The maximum absolute atomic E-state index is 10.3. The van der Waals surface area contributed by atoms with Gasteiger partial charge in [0.05, 0.1) is 17.8 Å². The summed E-state index contributed by atoms with van der Waals surface area (Å²) in [6.07, 6.45) is 26.5. The number of fused-ring (bicyclic) bond motifs is 2. The van der Waals surface area contributed by atoms with Gasteiger partial charge in [-0.15, -0.1) is 0 Å². The lowest BCUT2D eigenvalue weighted by Crippen LogP contribution is -2.47. The summed E-state index contributed by atoms with van der Waals surface area (Å²) in [5.41, 5.74) is 3.27. The predicted molar refractivity (Wildman–Crippen MR) is 184 cm³/mol. The molecule has 0 spiro atoms. The second-order valence-corrected chi connectivity index (χ2v) is 16.8. The molecule has 0 aromatic carbocycles. The van der Waals surface area contributed by atoms with E-state index in [2.05, 4.69) is 112 Å². The molecule has 0 radical (unpaired) electrons. The Labute approximate surface area is 269 Å². The van der Waals surface area contributed by atoms with Crippen LogP contribution < -0.4 is 0 Å². The minimum atomic E-state index is -0.279. The van der Waals surface area contributed by atoms with E-state index in [9.17, 15) is 10.2 Å². The van der Waals surface area contributed by atoms with Crippen LogP contribution in [0, 0.1) is 16.7 Å². The van der Waals surface area contributed by atoms with Gasteiger partial charge in [-0.3, -0.25) is 0 Å². The van der Waals surface area contributed by atoms with E-state index in [1.807, 2.05) is 0 Å². The lowest BCUT2D eigenvalue weighted by Gasteiger charge is -2.41. The van der Waals surface area contributed by atoms with E-state index in [0.29, 0.717) is 12.3 Å². The van der Waals surface area contributed by atoms with Gasteiger partial charge in [0, 0.05) is 18.3 Å². The van der Waals surface area contributed by atoms with Gasteiger partial charge in [0.25, 0.3) is 0 Å². The lowest BCUT2D eigenvalue weighted by atomic mass is 9.61. The number of ether oxygens (including phenoxy) is 2. The fourth-order valence-electron chi connectivity index (χ4n) is 9.21. The van der Waals surface area contributed by atoms with Crippen molar-refractivity contribution in [3.05, 3.63) is 59.3 Å². The summed E-state index contributed by atoms with van der Waals surface area (Å²) in [5, 5.41) is 20.6. The molecule has 248 valence electrons. The van der Waals surface area contributed by atoms with Crippen molar-refractivity contribution in [2.24, 2.45) is 16.7 Å². The zero-order chi connectivity index (χ0) is 32.6. The fraction of sp³-hybridized carbons (Fsp3) is 0.750. The standard InChI is InChI=1S/C40H64O4/c1-29(17-13-19-31(3)21-23-39-35(5,6)25-33(41)27-37(39,9)43-39)15-11-12-16-30(2)18-14-20-32(4)22-24-40-36(7,8)26-34(42)28-38(40,10)44-40/h13,15-17,19,21,23,32-34,41-42H,11-12,14,18,20,22,24-28H2,1-10H3/b17-13+,23-21+,29-15-,30-16+,31-19+/t32?,33-,34-,37+,38+,39-,40-/m0/s1. The van der Waals surface area contributed by atoms with Gasteiger partial charge in [-0.1, -0.05) is 94.2 Å². The third kappa shape index (κ3) is 7.24. The molecule has 2 heterocycles. The Bertz CT molecular complexity index is 1190. The second-order valence-electron chi connectivity index (χ2n) is 16.8. The molecule has 2 N–H and O–H groups in total. The van der Waals surface area contributed by atoms with Crippen LogP contribution in [0.25, 0.3) is 0 Å². The van der Waals surface area contributed by atoms with E-state index >= 15 is 0 Å². The van der Waals surface area contributed by atoms with Crippen LogP contribution in [0.5, 0.6) is 0 Å². The first-order valence-corrected chi connectivity index (χ1v) is 17.5. The molecular formula is C40H64O4. The van der Waals surface area contributed by atoms with E-state index in [-0.39, 0.29) is 45.4 Å². The highest BCUT2D eigenvalue weighted by Crippen LogP contribution is 2.68. The summed E-state index contributed by atoms with van der Waals surface area (Å²) < 4.78 is 12.7. The van der Waals surface area contributed by atoms with Gasteiger partial charge in [0.1, 0.15) is 16.8 Å². The summed E-state index contributed by atoms with van der Waals surface area (Å²) in [4.78, 5) is 0. The smallest absolute Gasteiger partial charge is 0.121 e. The Morgan fingerprint density at radius 3 is 2.07 bits per heavy atom. The lowest BCUT2D eigenvalue weighted by molar-refractivity contribution is 0.0292. The third-order valence-corrected chi connectivity index (χ3v) is 11.9. The highest BCUT2D eigenvalue weighted by Gasteiger charge is 2.75. The minimum absolute atomic E-state index is 0.0393. The molecule has 4 heteroatoms. The zero-order valence-electron chi connectivity index (χ0n) is 29.8. The normalized spacial score (nSPS) is 39.0. The SMILES string of the molecule is CC(=C/CC/C=C(\C)CCCC(C)CC[C@@]12O[C@]1(C)C[C@@H](O)CC2(C)C)/C=C/C=C(C)/C=C/[C@@]12O[C@]1(C)C[C@@H](O)CC2(C)C. The van der Waals surface area contributed by atoms with E-state index < -0.39 is 0 Å². The van der Waals surface area contributed by atoms with Gasteiger partial charge < -0.3 is 19.7 Å². The summed E-state index contributed by atoms with van der Waals surface area (Å²) in [5.74, 6) is 0.703. The molecule has 2 saturated heterocycles. The summed E-state index contributed by atoms with van der Waals surface area (Å²) in [6, 6.07) is 0. The second kappa shape index (κ2) is 13.0. The third-order valence-electron chi connectivity index (χ3n) is 11.9. The number of epoxide rings is 2. The van der Waals surface area contributed by atoms with Crippen molar-refractivity contribution in [2.75, 3.05) is 0 Å². The molecule has 44 heavy (non-hydrogen) atoms. The molecule has 4 fully saturated rings. The van der Waals surface area contributed by atoms with Crippen LogP contribution in [0.1, 0.15) is 140 Å². The molecule has 2 saturated carbocycles. The molecule has 4 aliphatic rings. The van der Waals surface area contributed by atoms with Crippen LogP contribution in [0.2, 0.25) is 0 Å². The topological polar surface area (TPSA) is 65.5 Å². The first-order chi connectivity index (χ1) is 20.4. The molecule has 2 aliphatic carbocycles. The van der Waals surface area contributed by atoms with Gasteiger partial charge in [-0.2, -0.15) is 0 Å². The van der Waals surface area contributed by atoms with Gasteiger partial charge in [0.2, 0.25) is 0 Å². The molecular weight excluding hydrogens is 544 g/mol. The Kier molecular flexibility index (Phi) is 10.4. The molecule has 1 unspecified atom stereocenters. The highest BCUT2D eigenvalue weighted by atomic mass is 16.6. The average molecular weight is 609 g/mol. The molecule has 0 amide bonds. The van der Waals surface area contributed by atoms with Crippen molar-refractivity contribution >= 4 is 0 Å². The number of hydrogen-bond donors (Lipinski definition) is 2. The first kappa shape index (κ1) is 35.4. The largest absolute Gasteiger partial charge is 0.393 e. The molecule has 7 atom stereocenters. The minimum Gasteiger partial charge on any atom is -0.393 e. The molecule has 0 aromatic heterocycles. The van der Waals surface area contributed by atoms with Crippen LogP contribution in [-0.2, 0) is 9.47 Å². The van der Waals surface area contributed by atoms with E-state index in [1.54, 1.807) is 0 Å². The van der Waals surface area contributed by atoms with Crippen molar-refractivity contribution in [2.45, 2.75) is 174 Å². The van der Waals surface area contributed by atoms with Crippen molar-refractivity contribution < 1.29 is 19.7 Å². The Morgan fingerprint density at radius 1 is 0.773 bits per heavy atom. The quantitative estimate of drug-likeness (QED) is 0.0892. The summed E-state index contributed by atoms with van der Waals surface area (Å²) in [7, 11) is 0. The fourth-order valence-corrected chi connectivity index (χ4v) is 9.21. The van der Waals surface area contributed by atoms with E-state index in [1.165, 1.54) is 42.4 Å². The molecule has 0 aromatic rings. The van der Waals surface area contributed by atoms with Crippen LogP contribution in [-0.4, -0.2) is 44.8 Å². The van der Waals surface area contributed by atoms with Crippen LogP contribution in [0.3, 0.4) is 0 Å².